The Morgan fingerprint density at radius 2 is 2.26 bits per heavy atom. The molecule has 1 N–H and O–H groups in total. The monoisotopic (exact) mass is 268 g/mol. The zero-order valence-electron chi connectivity index (χ0n) is 12.7. The lowest BCUT2D eigenvalue weighted by Crippen LogP contribution is -2.44. The molecule has 2 aliphatic rings. The standard InChI is InChI=1S/C15H28N2O2/c1-5-15(4)14(18)17(9-12-6-7-19-10-12)13(16-15)8-11(2)3/h11-13,16H,5-10H2,1-4H3. The molecule has 2 rings (SSSR count). The van der Waals surface area contributed by atoms with E-state index in [4.69, 9.17) is 4.74 Å². The number of nitrogens with one attached hydrogen (secondary N) is 1. The first-order valence-electron chi connectivity index (χ1n) is 7.62. The summed E-state index contributed by atoms with van der Waals surface area (Å²) in [6.45, 7) is 11.0. The minimum atomic E-state index is -0.376. The third kappa shape index (κ3) is 3.11. The normalized spacial score (nSPS) is 35.6. The molecule has 19 heavy (non-hydrogen) atoms. The van der Waals surface area contributed by atoms with Gasteiger partial charge in [-0.2, -0.15) is 0 Å². The molecule has 3 unspecified atom stereocenters. The number of hydrogen-bond donors (Lipinski definition) is 1. The third-order valence-electron chi connectivity index (χ3n) is 4.47. The smallest absolute Gasteiger partial charge is 0.243 e. The van der Waals surface area contributed by atoms with Gasteiger partial charge in [0.15, 0.2) is 0 Å². The highest BCUT2D eigenvalue weighted by molar-refractivity contribution is 5.88. The molecule has 3 atom stereocenters. The molecule has 2 aliphatic heterocycles. The van der Waals surface area contributed by atoms with Crippen LogP contribution in [0.5, 0.6) is 0 Å². The Balaban J connectivity index is 2.08. The average Bonchev–Trinajstić information content (AvgIpc) is 2.93. The molecular weight excluding hydrogens is 240 g/mol. The minimum absolute atomic E-state index is 0.193. The van der Waals surface area contributed by atoms with Crippen molar-refractivity contribution in [2.24, 2.45) is 11.8 Å². The maximum absolute atomic E-state index is 12.7. The van der Waals surface area contributed by atoms with Crippen molar-refractivity contribution in [1.82, 2.24) is 10.2 Å². The van der Waals surface area contributed by atoms with Crippen LogP contribution in [0, 0.1) is 11.8 Å². The quantitative estimate of drug-likeness (QED) is 0.829. The first-order valence-corrected chi connectivity index (χ1v) is 7.62. The highest BCUT2D eigenvalue weighted by Crippen LogP contribution is 2.28. The Labute approximate surface area is 116 Å². The van der Waals surface area contributed by atoms with Gasteiger partial charge in [0.2, 0.25) is 5.91 Å². The molecule has 1 amide bonds. The maximum atomic E-state index is 12.7. The van der Waals surface area contributed by atoms with Crippen molar-refractivity contribution in [1.29, 1.82) is 0 Å². The second-order valence-electron chi connectivity index (χ2n) is 6.66. The summed E-state index contributed by atoms with van der Waals surface area (Å²) in [4.78, 5) is 14.7. The summed E-state index contributed by atoms with van der Waals surface area (Å²) >= 11 is 0. The Morgan fingerprint density at radius 3 is 2.79 bits per heavy atom. The molecule has 0 aromatic carbocycles. The van der Waals surface area contributed by atoms with Crippen molar-refractivity contribution in [3.05, 3.63) is 0 Å². The van der Waals surface area contributed by atoms with Crippen LogP contribution in [0.3, 0.4) is 0 Å². The summed E-state index contributed by atoms with van der Waals surface area (Å²) < 4.78 is 5.44. The first kappa shape index (κ1) is 14.8. The largest absolute Gasteiger partial charge is 0.381 e. The molecule has 2 saturated heterocycles. The fourth-order valence-corrected chi connectivity index (χ4v) is 3.07. The molecule has 0 aromatic heterocycles. The summed E-state index contributed by atoms with van der Waals surface area (Å²) in [6, 6.07) is 0. The van der Waals surface area contributed by atoms with Gasteiger partial charge < -0.3 is 9.64 Å². The summed E-state index contributed by atoms with van der Waals surface area (Å²) in [6.07, 6.45) is 3.15. The zero-order valence-corrected chi connectivity index (χ0v) is 12.7. The van der Waals surface area contributed by atoms with E-state index in [9.17, 15) is 4.79 Å². The van der Waals surface area contributed by atoms with Crippen molar-refractivity contribution < 1.29 is 9.53 Å². The third-order valence-corrected chi connectivity index (χ3v) is 4.47. The molecule has 0 aromatic rings. The van der Waals surface area contributed by atoms with Crippen molar-refractivity contribution in [3.63, 3.8) is 0 Å². The molecule has 110 valence electrons. The van der Waals surface area contributed by atoms with E-state index in [-0.39, 0.29) is 17.6 Å². The lowest BCUT2D eigenvalue weighted by molar-refractivity contribution is -0.133. The molecule has 0 radical (unpaired) electrons. The van der Waals surface area contributed by atoms with Crippen molar-refractivity contribution in [2.45, 2.75) is 58.7 Å². The Bertz CT molecular complexity index is 326. The summed E-state index contributed by atoms with van der Waals surface area (Å²) in [5.74, 6) is 1.37. The van der Waals surface area contributed by atoms with E-state index < -0.39 is 0 Å². The predicted molar refractivity (Wildman–Crippen MR) is 75.7 cm³/mol. The van der Waals surface area contributed by atoms with Gasteiger partial charge in [-0.15, -0.1) is 0 Å². The van der Waals surface area contributed by atoms with Gasteiger partial charge in [0, 0.05) is 19.1 Å². The fourth-order valence-electron chi connectivity index (χ4n) is 3.07. The Morgan fingerprint density at radius 1 is 1.53 bits per heavy atom. The van der Waals surface area contributed by atoms with Crippen LogP contribution >= 0.6 is 0 Å². The number of carbonyl (C=O) groups is 1. The topological polar surface area (TPSA) is 41.6 Å². The van der Waals surface area contributed by atoms with Crippen LogP contribution < -0.4 is 5.32 Å². The number of ether oxygens (including phenoxy) is 1. The van der Waals surface area contributed by atoms with E-state index >= 15 is 0 Å². The van der Waals surface area contributed by atoms with E-state index in [1.54, 1.807) is 0 Å². The highest BCUT2D eigenvalue weighted by Gasteiger charge is 2.47. The van der Waals surface area contributed by atoms with Crippen LogP contribution in [0.4, 0.5) is 0 Å². The molecule has 0 saturated carbocycles. The number of nitrogens with zero attached hydrogens (tertiary/aromatic N) is 1. The van der Waals surface area contributed by atoms with E-state index in [1.807, 2.05) is 6.92 Å². The van der Waals surface area contributed by atoms with Gasteiger partial charge in [-0.25, -0.2) is 0 Å². The van der Waals surface area contributed by atoms with E-state index in [1.165, 1.54) is 0 Å². The van der Waals surface area contributed by atoms with E-state index in [0.29, 0.717) is 11.8 Å². The molecule has 4 nitrogen and oxygen atoms in total. The second kappa shape index (κ2) is 5.80. The SMILES string of the molecule is CCC1(C)NC(CC(C)C)N(CC2CCOC2)C1=O. The molecule has 2 fully saturated rings. The molecule has 4 heteroatoms. The predicted octanol–water partition coefficient (Wildman–Crippen LogP) is 2.00. The van der Waals surface area contributed by atoms with Crippen LogP contribution in [0.2, 0.25) is 0 Å². The van der Waals surface area contributed by atoms with E-state index in [0.717, 1.165) is 39.0 Å². The lowest BCUT2D eigenvalue weighted by Gasteiger charge is -2.27. The Kier molecular flexibility index (Phi) is 4.51. The maximum Gasteiger partial charge on any atom is 0.243 e. The van der Waals surface area contributed by atoms with Gasteiger partial charge >= 0.3 is 0 Å². The van der Waals surface area contributed by atoms with Crippen LogP contribution in [-0.4, -0.2) is 42.3 Å². The molecule has 0 spiro atoms. The second-order valence-corrected chi connectivity index (χ2v) is 6.66. The Hall–Kier alpha value is -0.610. The lowest BCUT2D eigenvalue weighted by atomic mass is 9.99. The summed E-state index contributed by atoms with van der Waals surface area (Å²) in [5.41, 5.74) is -0.376. The van der Waals surface area contributed by atoms with Crippen LogP contribution in [0.1, 0.15) is 47.0 Å². The van der Waals surface area contributed by atoms with Crippen LogP contribution in [0.15, 0.2) is 0 Å². The number of rotatable bonds is 5. The van der Waals surface area contributed by atoms with Gasteiger partial charge in [0.25, 0.3) is 0 Å². The van der Waals surface area contributed by atoms with Crippen LogP contribution in [0.25, 0.3) is 0 Å². The molecule has 0 bridgehead atoms. The van der Waals surface area contributed by atoms with E-state index in [2.05, 4.69) is 31.0 Å². The number of carbonyl (C=O) groups excluding carboxylic acids is 1. The van der Waals surface area contributed by atoms with Gasteiger partial charge in [-0.05, 0) is 32.1 Å². The van der Waals surface area contributed by atoms with Gasteiger partial charge in [0.1, 0.15) is 0 Å². The minimum Gasteiger partial charge on any atom is -0.381 e. The van der Waals surface area contributed by atoms with Crippen LogP contribution in [-0.2, 0) is 9.53 Å². The summed E-state index contributed by atoms with van der Waals surface area (Å²) in [5, 5.41) is 3.56. The van der Waals surface area contributed by atoms with Gasteiger partial charge in [-0.3, -0.25) is 10.1 Å². The zero-order chi connectivity index (χ0) is 14.0. The number of hydrogen-bond acceptors (Lipinski definition) is 3. The van der Waals surface area contributed by atoms with Gasteiger partial charge in [-0.1, -0.05) is 20.8 Å². The number of amides is 1. The first-order chi connectivity index (χ1) is 8.96. The van der Waals surface area contributed by atoms with Gasteiger partial charge in [0.05, 0.1) is 18.3 Å². The van der Waals surface area contributed by atoms with Crippen molar-refractivity contribution >= 4 is 5.91 Å². The van der Waals surface area contributed by atoms with Crippen molar-refractivity contribution in [3.8, 4) is 0 Å². The molecule has 0 aliphatic carbocycles. The molecule has 2 heterocycles. The highest BCUT2D eigenvalue weighted by atomic mass is 16.5. The average molecular weight is 268 g/mol. The fraction of sp³-hybridized carbons (Fsp3) is 0.933. The molecular formula is C15H28N2O2. The van der Waals surface area contributed by atoms with Crippen molar-refractivity contribution in [2.75, 3.05) is 19.8 Å². The summed E-state index contributed by atoms with van der Waals surface area (Å²) in [7, 11) is 0.